The number of benzene rings is 2. The molecular weight excluding hydrogens is 517 g/mol. The minimum atomic E-state index is -0.497. The summed E-state index contributed by atoms with van der Waals surface area (Å²) in [6, 6.07) is 14.5. The zero-order valence-corrected chi connectivity index (χ0v) is 23.2. The van der Waals surface area contributed by atoms with E-state index in [1.54, 1.807) is 25.2 Å². The zero-order valence-electron chi connectivity index (χ0n) is 23.2. The molecule has 214 valence electrons. The first-order chi connectivity index (χ1) is 19.3. The molecule has 3 amide bonds. The zero-order chi connectivity index (χ0) is 28.5. The Morgan fingerprint density at radius 3 is 2.55 bits per heavy atom. The van der Waals surface area contributed by atoms with E-state index in [-0.39, 0.29) is 31.6 Å². The van der Waals surface area contributed by atoms with Crippen LogP contribution in [0.3, 0.4) is 0 Å². The van der Waals surface area contributed by atoms with E-state index in [2.05, 4.69) is 5.32 Å². The van der Waals surface area contributed by atoms with Crippen LogP contribution in [-0.4, -0.2) is 68.3 Å². The van der Waals surface area contributed by atoms with Crippen molar-refractivity contribution in [1.82, 2.24) is 9.80 Å². The average molecular weight is 554 g/mol. The molecule has 3 aromatic rings. The molecule has 1 aliphatic rings. The van der Waals surface area contributed by atoms with Crippen LogP contribution >= 0.6 is 0 Å². The number of rotatable bonds is 12. The van der Waals surface area contributed by atoms with Gasteiger partial charge in [0.1, 0.15) is 23.9 Å². The molecule has 1 saturated heterocycles. The predicted molar refractivity (Wildman–Crippen MR) is 148 cm³/mol. The number of hydrogen-bond donors (Lipinski definition) is 1. The minimum absolute atomic E-state index is 0.168. The third-order valence-electron chi connectivity index (χ3n) is 6.75. The Hall–Kier alpha value is -4.05. The first-order valence-electron chi connectivity index (χ1n) is 13.3. The lowest BCUT2D eigenvalue weighted by molar-refractivity contribution is -0.132. The van der Waals surface area contributed by atoms with Gasteiger partial charge in [-0.3, -0.25) is 4.79 Å². The Balaban J connectivity index is 1.50. The smallest absolute Gasteiger partial charge is 0.322 e. The fourth-order valence-corrected chi connectivity index (χ4v) is 4.64. The van der Waals surface area contributed by atoms with Gasteiger partial charge in [0.2, 0.25) is 5.91 Å². The predicted octanol–water partition coefficient (Wildman–Crippen LogP) is 5.03. The van der Waals surface area contributed by atoms with Crippen molar-refractivity contribution in [1.29, 1.82) is 0 Å². The monoisotopic (exact) mass is 553 g/mol. The molecular formula is C30H36FN3O6. The van der Waals surface area contributed by atoms with E-state index < -0.39 is 11.8 Å². The van der Waals surface area contributed by atoms with Gasteiger partial charge in [-0.15, -0.1) is 0 Å². The van der Waals surface area contributed by atoms with Gasteiger partial charge in [-0.2, -0.15) is 0 Å². The topological polar surface area (TPSA) is 93.5 Å². The number of aryl methyl sites for hydroxylation is 1. The van der Waals surface area contributed by atoms with Crippen molar-refractivity contribution < 1.29 is 32.6 Å². The molecule has 4 rings (SSSR count). The summed E-state index contributed by atoms with van der Waals surface area (Å²) in [5, 5.41) is 2.71. The van der Waals surface area contributed by atoms with E-state index in [1.807, 2.05) is 37.3 Å². The normalized spacial score (nSPS) is 14.6. The Morgan fingerprint density at radius 1 is 1.05 bits per heavy atom. The van der Waals surface area contributed by atoms with Gasteiger partial charge in [0, 0.05) is 25.4 Å². The lowest BCUT2D eigenvalue weighted by Gasteiger charge is -2.29. The second-order valence-electron chi connectivity index (χ2n) is 9.72. The van der Waals surface area contributed by atoms with Crippen LogP contribution in [0.1, 0.15) is 29.9 Å². The number of hydrogen-bond acceptors (Lipinski definition) is 6. The van der Waals surface area contributed by atoms with Crippen molar-refractivity contribution in [2.45, 2.75) is 38.8 Å². The first-order valence-corrected chi connectivity index (χ1v) is 13.3. The third-order valence-corrected chi connectivity index (χ3v) is 6.75. The molecule has 1 aromatic heterocycles. The number of carbonyl (C=O) groups excluding carboxylic acids is 2. The van der Waals surface area contributed by atoms with E-state index >= 15 is 0 Å². The Kier molecular flexibility index (Phi) is 10.0. The Morgan fingerprint density at radius 2 is 1.88 bits per heavy atom. The van der Waals surface area contributed by atoms with Crippen molar-refractivity contribution >= 4 is 17.6 Å². The second kappa shape index (κ2) is 13.8. The molecule has 1 fully saturated rings. The van der Waals surface area contributed by atoms with Gasteiger partial charge in [-0.25, -0.2) is 9.18 Å². The van der Waals surface area contributed by atoms with Crippen LogP contribution in [0.5, 0.6) is 11.5 Å². The third kappa shape index (κ3) is 7.98. The van der Waals surface area contributed by atoms with Gasteiger partial charge >= 0.3 is 6.03 Å². The van der Waals surface area contributed by atoms with Crippen molar-refractivity contribution in [3.05, 3.63) is 77.5 Å². The van der Waals surface area contributed by atoms with Crippen molar-refractivity contribution in [3.8, 4) is 11.5 Å². The number of nitrogens with zero attached hydrogens (tertiary/aromatic N) is 2. The van der Waals surface area contributed by atoms with Gasteiger partial charge in [0.25, 0.3) is 0 Å². The maximum atomic E-state index is 13.7. The van der Waals surface area contributed by atoms with Crippen LogP contribution in [0.2, 0.25) is 0 Å². The number of urea groups is 1. The molecule has 1 N–H and O–H groups in total. The SMILES string of the molecule is COc1ccc(CCN(Cc2ccc(C)o2)C(=O)CN(CC2CCCO2)C(=O)Nc2cccc(F)c2)cc1OC. The maximum absolute atomic E-state index is 13.7. The largest absolute Gasteiger partial charge is 0.493 e. The highest BCUT2D eigenvalue weighted by molar-refractivity contribution is 5.92. The standard InChI is InChI=1S/C30H36FN3O6/c1-21-9-11-26(40-21)19-33(14-13-22-10-12-27(37-2)28(16-22)38-3)29(35)20-34(18-25-8-5-15-39-25)30(36)32-24-7-4-6-23(31)17-24/h4,6-7,9-12,16-17,25H,5,8,13-15,18-20H2,1-3H3,(H,32,36). The highest BCUT2D eigenvalue weighted by Gasteiger charge is 2.27. The highest BCUT2D eigenvalue weighted by Crippen LogP contribution is 2.28. The van der Waals surface area contributed by atoms with Gasteiger partial charge in [-0.05, 0) is 74.2 Å². The molecule has 0 spiro atoms. The fraction of sp³-hybridized carbons (Fsp3) is 0.400. The summed E-state index contributed by atoms with van der Waals surface area (Å²) in [5.74, 6) is 1.91. The van der Waals surface area contributed by atoms with E-state index in [4.69, 9.17) is 18.6 Å². The van der Waals surface area contributed by atoms with Crippen LogP contribution < -0.4 is 14.8 Å². The molecule has 0 saturated carbocycles. The number of carbonyl (C=O) groups is 2. The molecule has 0 bridgehead atoms. The van der Waals surface area contributed by atoms with E-state index in [0.717, 1.165) is 24.2 Å². The van der Waals surface area contributed by atoms with Crippen LogP contribution in [-0.2, 0) is 22.5 Å². The fourth-order valence-electron chi connectivity index (χ4n) is 4.64. The molecule has 0 radical (unpaired) electrons. The molecule has 1 unspecified atom stereocenters. The summed E-state index contributed by atoms with van der Waals surface area (Å²) in [5.41, 5.74) is 1.28. The van der Waals surface area contributed by atoms with E-state index in [9.17, 15) is 14.0 Å². The molecule has 1 aliphatic heterocycles. The van der Waals surface area contributed by atoms with Crippen LogP contribution in [0.15, 0.2) is 59.0 Å². The summed E-state index contributed by atoms with van der Waals surface area (Å²) >= 11 is 0. The second-order valence-corrected chi connectivity index (χ2v) is 9.72. The van der Waals surface area contributed by atoms with Crippen molar-refractivity contribution in [2.24, 2.45) is 0 Å². The number of ether oxygens (including phenoxy) is 3. The summed E-state index contributed by atoms with van der Waals surface area (Å²) in [6.07, 6.45) is 2.08. The number of halogens is 1. The maximum Gasteiger partial charge on any atom is 0.322 e. The Labute approximate surface area is 233 Å². The minimum Gasteiger partial charge on any atom is -0.493 e. The van der Waals surface area contributed by atoms with Gasteiger partial charge < -0.3 is 33.7 Å². The number of amides is 3. The molecule has 40 heavy (non-hydrogen) atoms. The number of anilines is 1. The Bertz CT molecular complexity index is 1290. The van der Waals surface area contributed by atoms with Gasteiger partial charge in [0.15, 0.2) is 11.5 Å². The molecule has 1 atom stereocenters. The molecule has 0 aliphatic carbocycles. The molecule has 2 heterocycles. The highest BCUT2D eigenvalue weighted by atomic mass is 19.1. The number of furan rings is 1. The van der Waals surface area contributed by atoms with Gasteiger partial charge in [-0.1, -0.05) is 12.1 Å². The molecule has 9 nitrogen and oxygen atoms in total. The quantitative estimate of drug-likeness (QED) is 0.338. The lowest BCUT2D eigenvalue weighted by atomic mass is 10.1. The summed E-state index contributed by atoms with van der Waals surface area (Å²) in [7, 11) is 3.16. The van der Waals surface area contributed by atoms with Crippen LogP contribution in [0.4, 0.5) is 14.9 Å². The summed E-state index contributed by atoms with van der Waals surface area (Å²) in [6.45, 7) is 3.17. The molecule has 2 aromatic carbocycles. The van der Waals surface area contributed by atoms with Crippen molar-refractivity contribution in [3.63, 3.8) is 0 Å². The van der Waals surface area contributed by atoms with Crippen LogP contribution in [0, 0.1) is 12.7 Å². The van der Waals surface area contributed by atoms with Crippen LogP contribution in [0.25, 0.3) is 0 Å². The summed E-state index contributed by atoms with van der Waals surface area (Å²) < 4.78 is 36.0. The van der Waals surface area contributed by atoms with Crippen molar-refractivity contribution in [2.75, 3.05) is 45.8 Å². The summed E-state index contributed by atoms with van der Waals surface area (Å²) in [4.78, 5) is 30.1. The first kappa shape index (κ1) is 28.9. The average Bonchev–Trinajstić information content (AvgIpc) is 3.61. The number of methoxy groups -OCH3 is 2. The van der Waals surface area contributed by atoms with Gasteiger partial charge in [0.05, 0.1) is 26.9 Å². The van der Waals surface area contributed by atoms with E-state index in [0.29, 0.717) is 42.5 Å². The van der Waals surface area contributed by atoms with E-state index in [1.165, 1.54) is 23.1 Å². The lowest BCUT2D eigenvalue weighted by Crippen LogP contribution is -2.47. The number of nitrogens with one attached hydrogen (secondary N) is 1. The molecule has 10 heteroatoms.